The van der Waals surface area contributed by atoms with Crippen molar-refractivity contribution in [3.05, 3.63) is 29.8 Å². The number of ketones is 1. The van der Waals surface area contributed by atoms with E-state index < -0.39 is 0 Å². The molecule has 2 saturated carbocycles. The Morgan fingerprint density at radius 1 is 0.962 bits per heavy atom. The van der Waals surface area contributed by atoms with Gasteiger partial charge in [-0.15, -0.1) is 0 Å². The van der Waals surface area contributed by atoms with Crippen molar-refractivity contribution in [3.8, 4) is 5.75 Å². The van der Waals surface area contributed by atoms with Gasteiger partial charge in [-0.1, -0.05) is 6.92 Å². The molecular formula is C22H31NO3. The SMILES string of the molecule is COc1ccc(C(=O)CCCC(=O)N(C2CCC(C)CC2)C2CC2)cc1. The van der Waals surface area contributed by atoms with Crippen LogP contribution in [-0.4, -0.2) is 35.8 Å². The van der Waals surface area contributed by atoms with Crippen LogP contribution in [-0.2, 0) is 4.79 Å². The van der Waals surface area contributed by atoms with Crippen molar-refractivity contribution in [1.82, 2.24) is 4.90 Å². The molecular weight excluding hydrogens is 326 g/mol. The highest BCUT2D eigenvalue weighted by molar-refractivity contribution is 5.96. The third-order valence-corrected chi connectivity index (χ3v) is 5.81. The highest BCUT2D eigenvalue weighted by atomic mass is 16.5. The fourth-order valence-electron chi connectivity index (χ4n) is 4.03. The summed E-state index contributed by atoms with van der Waals surface area (Å²) in [6.45, 7) is 2.31. The van der Waals surface area contributed by atoms with Crippen molar-refractivity contribution >= 4 is 11.7 Å². The van der Waals surface area contributed by atoms with Gasteiger partial charge in [0.1, 0.15) is 5.75 Å². The first-order valence-electron chi connectivity index (χ1n) is 10.1. The van der Waals surface area contributed by atoms with E-state index in [-0.39, 0.29) is 11.7 Å². The standard InChI is InChI=1S/C22H31NO3/c1-16-6-10-18(11-7-16)23(19-12-13-19)22(25)5-3-4-21(24)17-8-14-20(26-2)15-9-17/h8-9,14-16,18-19H,3-7,10-13H2,1-2H3. The summed E-state index contributed by atoms with van der Waals surface area (Å²) in [6, 6.07) is 8.10. The van der Waals surface area contributed by atoms with Gasteiger partial charge in [0.25, 0.3) is 0 Å². The molecule has 26 heavy (non-hydrogen) atoms. The molecule has 142 valence electrons. The Kier molecular flexibility index (Phi) is 6.33. The molecule has 1 aromatic rings. The van der Waals surface area contributed by atoms with E-state index in [1.807, 2.05) is 0 Å². The predicted molar refractivity (Wildman–Crippen MR) is 102 cm³/mol. The van der Waals surface area contributed by atoms with E-state index in [1.165, 1.54) is 12.8 Å². The van der Waals surface area contributed by atoms with Gasteiger partial charge < -0.3 is 9.64 Å². The van der Waals surface area contributed by atoms with Crippen LogP contribution in [0.3, 0.4) is 0 Å². The zero-order valence-electron chi connectivity index (χ0n) is 16.1. The molecule has 0 aliphatic heterocycles. The average molecular weight is 357 g/mol. The van der Waals surface area contributed by atoms with Crippen molar-refractivity contribution in [2.45, 2.75) is 76.8 Å². The summed E-state index contributed by atoms with van der Waals surface area (Å²) in [5.74, 6) is 1.91. The molecule has 0 radical (unpaired) electrons. The Morgan fingerprint density at radius 2 is 1.54 bits per heavy atom. The summed E-state index contributed by atoms with van der Waals surface area (Å²) in [5, 5.41) is 0. The summed E-state index contributed by atoms with van der Waals surface area (Å²) in [4.78, 5) is 27.3. The topological polar surface area (TPSA) is 46.6 Å². The second-order valence-corrected chi connectivity index (χ2v) is 7.95. The zero-order valence-corrected chi connectivity index (χ0v) is 16.1. The summed E-state index contributed by atoms with van der Waals surface area (Å²) < 4.78 is 5.12. The number of carbonyl (C=O) groups excluding carboxylic acids is 2. The summed E-state index contributed by atoms with van der Waals surface area (Å²) in [6.07, 6.45) is 8.63. The lowest BCUT2D eigenvalue weighted by Crippen LogP contribution is -2.43. The number of hydrogen-bond donors (Lipinski definition) is 0. The molecule has 2 aliphatic carbocycles. The van der Waals surface area contributed by atoms with Gasteiger partial charge in [-0.2, -0.15) is 0 Å². The highest BCUT2D eigenvalue weighted by Crippen LogP contribution is 2.35. The van der Waals surface area contributed by atoms with Gasteiger partial charge in [0.15, 0.2) is 5.78 Å². The molecule has 0 heterocycles. The molecule has 1 aromatic carbocycles. The zero-order chi connectivity index (χ0) is 18.5. The number of benzene rings is 1. The van der Waals surface area contributed by atoms with E-state index in [0.717, 1.165) is 37.4 Å². The smallest absolute Gasteiger partial charge is 0.223 e. The molecule has 0 aromatic heterocycles. The van der Waals surface area contributed by atoms with Crippen LogP contribution >= 0.6 is 0 Å². The number of nitrogens with zero attached hydrogens (tertiary/aromatic N) is 1. The van der Waals surface area contributed by atoms with E-state index in [0.29, 0.717) is 36.9 Å². The summed E-state index contributed by atoms with van der Waals surface area (Å²) in [7, 11) is 1.61. The van der Waals surface area contributed by atoms with E-state index in [4.69, 9.17) is 4.74 Å². The lowest BCUT2D eigenvalue weighted by atomic mass is 9.86. The average Bonchev–Trinajstić information content (AvgIpc) is 3.48. The first-order chi connectivity index (χ1) is 12.6. The first-order valence-corrected chi connectivity index (χ1v) is 10.1. The van der Waals surface area contributed by atoms with Crippen LogP contribution in [0, 0.1) is 5.92 Å². The third-order valence-electron chi connectivity index (χ3n) is 5.81. The Labute approximate surface area is 156 Å². The molecule has 2 fully saturated rings. The van der Waals surface area contributed by atoms with Crippen molar-refractivity contribution < 1.29 is 14.3 Å². The third kappa shape index (κ3) is 4.87. The van der Waals surface area contributed by atoms with Crippen LogP contribution in [0.1, 0.15) is 75.1 Å². The molecule has 0 N–H and O–H groups in total. The van der Waals surface area contributed by atoms with Crippen molar-refractivity contribution in [2.75, 3.05) is 7.11 Å². The maximum atomic E-state index is 12.8. The fourth-order valence-corrected chi connectivity index (χ4v) is 4.03. The molecule has 0 unspecified atom stereocenters. The predicted octanol–water partition coefficient (Wildman–Crippen LogP) is 4.62. The number of rotatable bonds is 8. The maximum Gasteiger partial charge on any atom is 0.223 e. The Balaban J connectivity index is 1.48. The van der Waals surface area contributed by atoms with E-state index in [1.54, 1.807) is 31.4 Å². The Morgan fingerprint density at radius 3 is 2.08 bits per heavy atom. The van der Waals surface area contributed by atoms with Crippen LogP contribution in [0.4, 0.5) is 0 Å². The van der Waals surface area contributed by atoms with Gasteiger partial charge in [-0.05, 0) is 75.1 Å². The van der Waals surface area contributed by atoms with Gasteiger partial charge >= 0.3 is 0 Å². The van der Waals surface area contributed by atoms with Crippen LogP contribution < -0.4 is 4.74 Å². The van der Waals surface area contributed by atoms with Crippen LogP contribution in [0.25, 0.3) is 0 Å². The molecule has 2 aliphatic rings. The molecule has 3 rings (SSSR count). The number of Topliss-reactive ketones (excluding diaryl/α,β-unsaturated/α-hetero) is 1. The second-order valence-electron chi connectivity index (χ2n) is 7.95. The lowest BCUT2D eigenvalue weighted by Gasteiger charge is -2.36. The highest BCUT2D eigenvalue weighted by Gasteiger charge is 2.37. The van der Waals surface area contributed by atoms with E-state index >= 15 is 0 Å². The number of methoxy groups -OCH3 is 1. The molecule has 4 heteroatoms. The van der Waals surface area contributed by atoms with E-state index in [2.05, 4.69) is 11.8 Å². The quantitative estimate of drug-likeness (QED) is 0.638. The van der Waals surface area contributed by atoms with Crippen LogP contribution in [0.2, 0.25) is 0 Å². The first kappa shape index (κ1) is 18.9. The van der Waals surface area contributed by atoms with Crippen molar-refractivity contribution in [3.63, 3.8) is 0 Å². The Bertz CT molecular complexity index is 613. The fraction of sp³-hybridized carbons (Fsp3) is 0.636. The number of carbonyl (C=O) groups is 2. The Hall–Kier alpha value is -1.84. The second kappa shape index (κ2) is 8.70. The molecule has 0 bridgehead atoms. The minimum Gasteiger partial charge on any atom is -0.497 e. The van der Waals surface area contributed by atoms with E-state index in [9.17, 15) is 9.59 Å². The normalized spacial score (nSPS) is 22.7. The van der Waals surface area contributed by atoms with Crippen molar-refractivity contribution in [2.24, 2.45) is 5.92 Å². The molecule has 0 spiro atoms. The molecule has 0 atom stereocenters. The van der Waals surface area contributed by atoms with Crippen LogP contribution in [0.15, 0.2) is 24.3 Å². The van der Waals surface area contributed by atoms with Gasteiger partial charge in [-0.3, -0.25) is 9.59 Å². The molecule has 1 amide bonds. The van der Waals surface area contributed by atoms with Gasteiger partial charge in [0.05, 0.1) is 7.11 Å². The van der Waals surface area contributed by atoms with Gasteiger partial charge in [0, 0.05) is 30.5 Å². The monoisotopic (exact) mass is 357 g/mol. The van der Waals surface area contributed by atoms with Crippen LogP contribution in [0.5, 0.6) is 5.75 Å². The number of ether oxygens (including phenoxy) is 1. The largest absolute Gasteiger partial charge is 0.497 e. The lowest BCUT2D eigenvalue weighted by molar-refractivity contribution is -0.135. The van der Waals surface area contributed by atoms with Crippen molar-refractivity contribution in [1.29, 1.82) is 0 Å². The maximum absolute atomic E-state index is 12.8. The molecule has 0 saturated heterocycles. The minimum atomic E-state index is 0.102. The number of hydrogen-bond acceptors (Lipinski definition) is 3. The summed E-state index contributed by atoms with van der Waals surface area (Å²) >= 11 is 0. The van der Waals surface area contributed by atoms with Gasteiger partial charge in [0.2, 0.25) is 5.91 Å². The number of amides is 1. The minimum absolute atomic E-state index is 0.102. The molecule has 4 nitrogen and oxygen atoms in total. The van der Waals surface area contributed by atoms with Gasteiger partial charge in [-0.25, -0.2) is 0 Å². The summed E-state index contributed by atoms with van der Waals surface area (Å²) in [5.41, 5.74) is 0.693.